The molecule has 5 heteroatoms. The van der Waals surface area contributed by atoms with Gasteiger partial charge in [0.25, 0.3) is 0 Å². The maximum atomic E-state index is 11.1. The maximum absolute atomic E-state index is 11.1. The van der Waals surface area contributed by atoms with Crippen LogP contribution in [0.3, 0.4) is 0 Å². The van der Waals surface area contributed by atoms with Gasteiger partial charge in [0.15, 0.2) is 0 Å². The van der Waals surface area contributed by atoms with Crippen LogP contribution in [0, 0.1) is 10.1 Å². The molecule has 3 rings (SSSR count). The van der Waals surface area contributed by atoms with Crippen molar-refractivity contribution in [2.24, 2.45) is 0 Å². The smallest absolute Gasteiger partial charge is 0.311 e. The first-order chi connectivity index (χ1) is 10.2. The molecule has 1 aromatic heterocycles. The maximum Gasteiger partial charge on any atom is 0.311 e. The molecule has 5 nitrogen and oxygen atoms in total. The molecule has 0 saturated heterocycles. The molecule has 0 amide bonds. The van der Waals surface area contributed by atoms with Crippen LogP contribution in [-0.4, -0.2) is 23.0 Å². The van der Waals surface area contributed by atoms with Crippen molar-refractivity contribution < 1.29 is 4.92 Å². The zero-order valence-electron chi connectivity index (χ0n) is 11.9. The van der Waals surface area contributed by atoms with Crippen molar-refractivity contribution in [3.8, 4) is 0 Å². The predicted molar refractivity (Wildman–Crippen MR) is 81.5 cm³/mol. The molecule has 0 radical (unpaired) electrons. The lowest BCUT2D eigenvalue weighted by Gasteiger charge is -2.32. The highest BCUT2D eigenvalue weighted by molar-refractivity contribution is 5.57. The van der Waals surface area contributed by atoms with Crippen molar-refractivity contribution in [3.05, 3.63) is 63.8 Å². The van der Waals surface area contributed by atoms with Crippen LogP contribution < -0.4 is 4.90 Å². The molecule has 1 unspecified atom stereocenters. The zero-order chi connectivity index (χ0) is 14.8. The van der Waals surface area contributed by atoms with E-state index in [1.165, 1.54) is 17.2 Å². The molecular weight excluding hydrogens is 266 g/mol. The van der Waals surface area contributed by atoms with Crippen LogP contribution in [0.25, 0.3) is 0 Å². The van der Waals surface area contributed by atoms with Crippen LogP contribution in [0.1, 0.15) is 17.5 Å². The first-order valence-corrected chi connectivity index (χ1v) is 7.06. The highest BCUT2D eigenvalue weighted by Gasteiger charge is 2.27. The lowest BCUT2D eigenvalue weighted by molar-refractivity contribution is -0.384. The van der Waals surface area contributed by atoms with E-state index in [9.17, 15) is 10.1 Å². The summed E-state index contributed by atoms with van der Waals surface area (Å²) in [7, 11) is 1.90. The summed E-state index contributed by atoms with van der Waals surface area (Å²) in [6, 6.07) is 11.8. The molecule has 0 fully saturated rings. The molecule has 1 aromatic carbocycles. The quantitative estimate of drug-likeness (QED) is 0.642. The van der Waals surface area contributed by atoms with E-state index < -0.39 is 0 Å². The summed E-state index contributed by atoms with van der Waals surface area (Å²) in [4.78, 5) is 16.9. The highest BCUT2D eigenvalue weighted by Crippen LogP contribution is 2.30. The summed E-state index contributed by atoms with van der Waals surface area (Å²) < 4.78 is 0. The Balaban J connectivity index is 1.87. The average molecular weight is 283 g/mol. The van der Waals surface area contributed by atoms with E-state index in [4.69, 9.17) is 0 Å². The minimum atomic E-state index is -0.365. The van der Waals surface area contributed by atoms with E-state index in [0.717, 1.165) is 19.3 Å². The summed E-state index contributed by atoms with van der Waals surface area (Å²) in [5, 5.41) is 11.1. The number of benzene rings is 1. The SMILES string of the molecule is CN(c1ncccc1[N+](=O)[O-])C1CCc2ccccc2C1. The Morgan fingerprint density at radius 1 is 1.24 bits per heavy atom. The van der Waals surface area contributed by atoms with Crippen LogP contribution in [0.4, 0.5) is 11.5 Å². The summed E-state index contributed by atoms with van der Waals surface area (Å²) in [6.07, 6.45) is 4.50. The van der Waals surface area contributed by atoms with E-state index in [1.807, 2.05) is 18.0 Å². The van der Waals surface area contributed by atoms with Crippen LogP contribution in [0.15, 0.2) is 42.6 Å². The molecule has 108 valence electrons. The molecule has 0 aliphatic heterocycles. The van der Waals surface area contributed by atoms with Crippen molar-refractivity contribution >= 4 is 11.5 Å². The van der Waals surface area contributed by atoms with Crippen molar-refractivity contribution in [2.45, 2.75) is 25.3 Å². The minimum Gasteiger partial charge on any atom is -0.351 e. The first-order valence-electron chi connectivity index (χ1n) is 7.06. The lowest BCUT2D eigenvalue weighted by atomic mass is 9.87. The molecule has 0 N–H and O–H groups in total. The van der Waals surface area contributed by atoms with Gasteiger partial charge in [-0.1, -0.05) is 24.3 Å². The molecule has 21 heavy (non-hydrogen) atoms. The Hall–Kier alpha value is -2.43. The number of anilines is 1. The van der Waals surface area contributed by atoms with Gasteiger partial charge >= 0.3 is 5.69 Å². The number of hydrogen-bond acceptors (Lipinski definition) is 4. The van der Waals surface area contributed by atoms with E-state index in [0.29, 0.717) is 5.82 Å². The summed E-state index contributed by atoms with van der Waals surface area (Å²) in [5.41, 5.74) is 2.79. The topological polar surface area (TPSA) is 59.3 Å². The monoisotopic (exact) mass is 283 g/mol. The molecule has 1 aliphatic carbocycles. The Bertz CT molecular complexity index is 672. The van der Waals surface area contributed by atoms with Crippen molar-refractivity contribution in [1.82, 2.24) is 4.98 Å². The zero-order valence-corrected chi connectivity index (χ0v) is 11.9. The van der Waals surface area contributed by atoms with Gasteiger partial charge in [-0.3, -0.25) is 10.1 Å². The number of nitrogens with zero attached hydrogens (tertiary/aromatic N) is 3. The van der Waals surface area contributed by atoms with Gasteiger partial charge in [0.2, 0.25) is 5.82 Å². The third-order valence-electron chi connectivity index (χ3n) is 4.17. The predicted octanol–water partition coefficient (Wildman–Crippen LogP) is 2.98. The lowest BCUT2D eigenvalue weighted by Crippen LogP contribution is -2.37. The van der Waals surface area contributed by atoms with Crippen LogP contribution in [0.5, 0.6) is 0 Å². The number of nitro groups is 1. The summed E-state index contributed by atoms with van der Waals surface area (Å²) in [6.45, 7) is 0. The van der Waals surface area contributed by atoms with E-state index in [2.05, 4.69) is 23.2 Å². The van der Waals surface area contributed by atoms with E-state index in [-0.39, 0.29) is 16.7 Å². The fourth-order valence-electron chi connectivity index (χ4n) is 2.98. The van der Waals surface area contributed by atoms with Crippen molar-refractivity contribution in [2.75, 3.05) is 11.9 Å². The van der Waals surface area contributed by atoms with Gasteiger partial charge in [-0.2, -0.15) is 0 Å². The van der Waals surface area contributed by atoms with Crippen LogP contribution in [0.2, 0.25) is 0 Å². The largest absolute Gasteiger partial charge is 0.351 e. The molecule has 1 atom stereocenters. The number of hydrogen-bond donors (Lipinski definition) is 0. The van der Waals surface area contributed by atoms with Gasteiger partial charge in [-0.25, -0.2) is 4.98 Å². The average Bonchev–Trinajstić information content (AvgIpc) is 2.53. The Morgan fingerprint density at radius 2 is 2.00 bits per heavy atom. The first kappa shape index (κ1) is 13.5. The van der Waals surface area contributed by atoms with Crippen LogP contribution in [-0.2, 0) is 12.8 Å². The molecule has 1 aliphatic rings. The van der Waals surface area contributed by atoms with Crippen LogP contribution >= 0.6 is 0 Å². The second kappa shape index (κ2) is 5.52. The molecule has 1 heterocycles. The van der Waals surface area contributed by atoms with Crippen molar-refractivity contribution in [3.63, 3.8) is 0 Å². The molecular formula is C16H17N3O2. The molecule has 2 aromatic rings. The van der Waals surface area contributed by atoms with Gasteiger partial charge in [0, 0.05) is 25.4 Å². The number of pyridine rings is 1. The Labute approximate surface area is 123 Å². The fraction of sp³-hybridized carbons (Fsp3) is 0.312. The Morgan fingerprint density at radius 3 is 2.76 bits per heavy atom. The van der Waals surface area contributed by atoms with Gasteiger partial charge in [-0.05, 0) is 36.5 Å². The second-order valence-corrected chi connectivity index (χ2v) is 5.38. The molecule has 0 spiro atoms. The van der Waals surface area contributed by atoms with E-state index in [1.54, 1.807) is 12.3 Å². The van der Waals surface area contributed by atoms with Gasteiger partial charge in [0.1, 0.15) is 0 Å². The Kier molecular flexibility index (Phi) is 3.56. The number of aromatic nitrogens is 1. The highest BCUT2D eigenvalue weighted by atomic mass is 16.6. The minimum absolute atomic E-state index is 0.0684. The normalized spacial score (nSPS) is 17.1. The number of aryl methyl sites for hydroxylation is 1. The fourth-order valence-corrected chi connectivity index (χ4v) is 2.98. The number of fused-ring (bicyclic) bond motifs is 1. The van der Waals surface area contributed by atoms with Gasteiger partial charge < -0.3 is 4.90 Å². The third kappa shape index (κ3) is 2.59. The summed E-state index contributed by atoms with van der Waals surface area (Å²) >= 11 is 0. The van der Waals surface area contributed by atoms with Gasteiger partial charge in [0.05, 0.1) is 4.92 Å². The second-order valence-electron chi connectivity index (χ2n) is 5.38. The standard InChI is InChI=1S/C16H17N3O2/c1-18(16-15(19(20)21)7-4-10-17-16)14-9-8-12-5-2-3-6-13(12)11-14/h2-7,10,14H,8-9,11H2,1H3. The summed E-state index contributed by atoms with van der Waals surface area (Å²) in [5.74, 6) is 0.451. The number of rotatable bonds is 3. The number of likely N-dealkylation sites (N-methyl/N-ethyl adjacent to an activating group) is 1. The molecule has 0 bridgehead atoms. The third-order valence-corrected chi connectivity index (χ3v) is 4.17. The van der Waals surface area contributed by atoms with Gasteiger partial charge in [-0.15, -0.1) is 0 Å². The van der Waals surface area contributed by atoms with E-state index >= 15 is 0 Å². The molecule has 0 saturated carbocycles. The van der Waals surface area contributed by atoms with Crippen molar-refractivity contribution in [1.29, 1.82) is 0 Å².